The van der Waals surface area contributed by atoms with Gasteiger partial charge in [0.05, 0.1) is 19.8 Å². The zero-order valence-electron chi connectivity index (χ0n) is 12.4. The molecule has 0 bridgehead atoms. The molecular weight excluding hydrogens is 254 g/mol. The second-order valence-corrected chi connectivity index (χ2v) is 4.16. The van der Waals surface area contributed by atoms with Crippen LogP contribution in [0.25, 0.3) is 0 Å². The fourth-order valence-electron chi connectivity index (χ4n) is 1.61. The highest BCUT2D eigenvalue weighted by Crippen LogP contribution is 1.99. The Labute approximate surface area is 121 Å². The van der Waals surface area contributed by atoms with E-state index in [2.05, 4.69) is 27.8 Å². The van der Waals surface area contributed by atoms with Gasteiger partial charge in [0.2, 0.25) is 0 Å². The first-order valence-corrected chi connectivity index (χ1v) is 7.00. The highest BCUT2D eigenvalue weighted by molar-refractivity contribution is 5.79. The van der Waals surface area contributed by atoms with Crippen molar-refractivity contribution < 1.29 is 9.47 Å². The summed E-state index contributed by atoms with van der Waals surface area (Å²) in [5.74, 6) is 0.771. The third-order valence-electron chi connectivity index (χ3n) is 2.62. The molecule has 0 atom stereocenters. The van der Waals surface area contributed by atoms with Crippen molar-refractivity contribution in [1.29, 1.82) is 0 Å². The van der Waals surface area contributed by atoms with Crippen molar-refractivity contribution in [2.75, 3.05) is 40.0 Å². The Morgan fingerprint density at radius 1 is 1.05 bits per heavy atom. The summed E-state index contributed by atoms with van der Waals surface area (Å²) < 4.78 is 10.8. The third-order valence-corrected chi connectivity index (χ3v) is 2.62. The molecule has 112 valence electrons. The summed E-state index contributed by atoms with van der Waals surface area (Å²) in [5, 5.41) is 6.36. The maximum atomic E-state index is 5.59. The smallest absolute Gasteiger partial charge is 0.191 e. The fraction of sp³-hybridized carbons (Fsp3) is 0.533. The minimum atomic E-state index is 0.638. The van der Waals surface area contributed by atoms with Crippen LogP contribution in [0, 0.1) is 0 Å². The standard InChI is InChI=1S/C15H25N3O2/c1-3-19-11-9-17-15(16-2)18-10-12-20-13-14-7-5-4-6-8-14/h4-8H,3,9-13H2,1-2H3,(H2,16,17,18). The van der Waals surface area contributed by atoms with Gasteiger partial charge in [-0.05, 0) is 12.5 Å². The van der Waals surface area contributed by atoms with Crippen LogP contribution >= 0.6 is 0 Å². The molecule has 0 spiro atoms. The lowest BCUT2D eigenvalue weighted by Crippen LogP contribution is -2.40. The predicted octanol–water partition coefficient (Wildman–Crippen LogP) is 1.40. The average Bonchev–Trinajstić information content (AvgIpc) is 2.50. The molecule has 5 nitrogen and oxygen atoms in total. The molecule has 5 heteroatoms. The first kappa shape index (κ1) is 16.5. The average molecular weight is 279 g/mol. The molecule has 0 radical (unpaired) electrons. The van der Waals surface area contributed by atoms with Gasteiger partial charge in [-0.15, -0.1) is 0 Å². The van der Waals surface area contributed by atoms with Gasteiger partial charge < -0.3 is 20.1 Å². The lowest BCUT2D eigenvalue weighted by molar-refractivity contribution is 0.125. The molecule has 0 amide bonds. The Morgan fingerprint density at radius 2 is 1.70 bits per heavy atom. The van der Waals surface area contributed by atoms with Crippen LogP contribution in [0.4, 0.5) is 0 Å². The highest BCUT2D eigenvalue weighted by atomic mass is 16.5. The van der Waals surface area contributed by atoms with Crippen LogP contribution in [0.3, 0.4) is 0 Å². The first-order valence-electron chi connectivity index (χ1n) is 7.00. The Morgan fingerprint density at radius 3 is 2.30 bits per heavy atom. The molecule has 1 aromatic rings. The molecule has 20 heavy (non-hydrogen) atoms. The van der Waals surface area contributed by atoms with Gasteiger partial charge in [0.1, 0.15) is 0 Å². The summed E-state index contributed by atoms with van der Waals surface area (Å²) in [4.78, 5) is 4.12. The number of rotatable bonds is 9. The largest absolute Gasteiger partial charge is 0.380 e. The number of hydrogen-bond acceptors (Lipinski definition) is 3. The van der Waals surface area contributed by atoms with E-state index in [-0.39, 0.29) is 0 Å². The Bertz CT molecular complexity index is 369. The van der Waals surface area contributed by atoms with Crippen molar-refractivity contribution in [1.82, 2.24) is 10.6 Å². The number of ether oxygens (including phenoxy) is 2. The maximum Gasteiger partial charge on any atom is 0.191 e. The van der Waals surface area contributed by atoms with E-state index in [1.54, 1.807) is 7.05 Å². The second-order valence-electron chi connectivity index (χ2n) is 4.16. The van der Waals surface area contributed by atoms with Gasteiger partial charge in [0, 0.05) is 26.7 Å². The van der Waals surface area contributed by atoms with Gasteiger partial charge >= 0.3 is 0 Å². The molecule has 0 aromatic heterocycles. The van der Waals surface area contributed by atoms with Crippen LogP contribution in [-0.2, 0) is 16.1 Å². The van der Waals surface area contributed by atoms with E-state index in [0.29, 0.717) is 19.8 Å². The van der Waals surface area contributed by atoms with Crippen molar-refractivity contribution in [2.24, 2.45) is 4.99 Å². The van der Waals surface area contributed by atoms with Crippen LogP contribution in [0.5, 0.6) is 0 Å². The Hall–Kier alpha value is -1.59. The SMILES string of the molecule is CCOCCNC(=NC)NCCOCc1ccccc1. The molecular formula is C15H25N3O2. The quantitative estimate of drug-likeness (QED) is 0.408. The first-order chi connectivity index (χ1) is 9.86. The van der Waals surface area contributed by atoms with Crippen molar-refractivity contribution >= 4 is 5.96 Å². The molecule has 0 saturated carbocycles. The monoisotopic (exact) mass is 279 g/mol. The van der Waals surface area contributed by atoms with E-state index in [4.69, 9.17) is 9.47 Å². The normalized spacial score (nSPS) is 11.4. The zero-order valence-corrected chi connectivity index (χ0v) is 12.4. The van der Waals surface area contributed by atoms with Crippen molar-refractivity contribution in [2.45, 2.75) is 13.5 Å². The molecule has 0 aliphatic rings. The van der Waals surface area contributed by atoms with Crippen LogP contribution in [0.2, 0.25) is 0 Å². The molecule has 1 rings (SSSR count). The van der Waals surface area contributed by atoms with Gasteiger partial charge in [-0.1, -0.05) is 30.3 Å². The molecule has 0 heterocycles. The van der Waals surface area contributed by atoms with Gasteiger partial charge in [-0.2, -0.15) is 0 Å². The number of guanidine groups is 1. The number of hydrogen-bond donors (Lipinski definition) is 2. The predicted molar refractivity (Wildman–Crippen MR) is 82.0 cm³/mol. The van der Waals surface area contributed by atoms with Crippen LogP contribution in [0.1, 0.15) is 12.5 Å². The minimum Gasteiger partial charge on any atom is -0.380 e. The minimum absolute atomic E-state index is 0.638. The van der Waals surface area contributed by atoms with Gasteiger partial charge in [-0.25, -0.2) is 0 Å². The van der Waals surface area contributed by atoms with E-state index in [1.165, 1.54) is 5.56 Å². The summed E-state index contributed by atoms with van der Waals surface area (Å²) in [6, 6.07) is 10.1. The van der Waals surface area contributed by atoms with Crippen LogP contribution in [-0.4, -0.2) is 45.9 Å². The summed E-state index contributed by atoms with van der Waals surface area (Å²) >= 11 is 0. The lowest BCUT2D eigenvalue weighted by atomic mass is 10.2. The van der Waals surface area contributed by atoms with Crippen LogP contribution < -0.4 is 10.6 Å². The number of aliphatic imine (C=N–C) groups is 1. The molecule has 0 saturated heterocycles. The molecule has 2 N–H and O–H groups in total. The van der Waals surface area contributed by atoms with E-state index in [9.17, 15) is 0 Å². The topological polar surface area (TPSA) is 54.9 Å². The second kappa shape index (κ2) is 11.3. The van der Waals surface area contributed by atoms with Crippen molar-refractivity contribution in [3.05, 3.63) is 35.9 Å². The number of nitrogens with zero attached hydrogens (tertiary/aromatic N) is 1. The lowest BCUT2D eigenvalue weighted by Gasteiger charge is -2.12. The molecule has 0 aliphatic carbocycles. The van der Waals surface area contributed by atoms with Crippen LogP contribution in [0.15, 0.2) is 35.3 Å². The van der Waals surface area contributed by atoms with E-state index >= 15 is 0 Å². The van der Waals surface area contributed by atoms with Gasteiger partial charge in [0.15, 0.2) is 5.96 Å². The summed E-state index contributed by atoms with van der Waals surface area (Å²) in [7, 11) is 1.75. The van der Waals surface area contributed by atoms with Gasteiger partial charge in [-0.3, -0.25) is 4.99 Å². The van der Waals surface area contributed by atoms with Crippen molar-refractivity contribution in [3.8, 4) is 0 Å². The molecule has 0 aliphatic heterocycles. The number of nitrogens with one attached hydrogen (secondary N) is 2. The molecule has 0 unspecified atom stereocenters. The van der Waals surface area contributed by atoms with E-state index < -0.39 is 0 Å². The zero-order chi connectivity index (χ0) is 14.5. The number of benzene rings is 1. The third kappa shape index (κ3) is 7.76. The summed E-state index contributed by atoms with van der Waals surface area (Å²) in [6.45, 7) is 6.15. The molecule has 0 fully saturated rings. The Balaban J connectivity index is 2.04. The summed E-state index contributed by atoms with van der Waals surface area (Å²) in [6.07, 6.45) is 0. The highest BCUT2D eigenvalue weighted by Gasteiger charge is 1.96. The summed E-state index contributed by atoms with van der Waals surface area (Å²) in [5.41, 5.74) is 1.19. The maximum absolute atomic E-state index is 5.59. The fourth-order valence-corrected chi connectivity index (χ4v) is 1.61. The van der Waals surface area contributed by atoms with E-state index in [0.717, 1.165) is 25.7 Å². The Kier molecular flexibility index (Phi) is 9.26. The van der Waals surface area contributed by atoms with Crippen molar-refractivity contribution in [3.63, 3.8) is 0 Å². The van der Waals surface area contributed by atoms with Gasteiger partial charge in [0.25, 0.3) is 0 Å². The van der Waals surface area contributed by atoms with E-state index in [1.807, 2.05) is 25.1 Å². The molecule has 1 aromatic carbocycles.